The fourth-order valence-electron chi connectivity index (χ4n) is 2.48. The quantitative estimate of drug-likeness (QED) is 0.868. The molecule has 0 bridgehead atoms. The number of rotatable bonds is 4. The van der Waals surface area contributed by atoms with E-state index in [9.17, 15) is 14.0 Å². The van der Waals surface area contributed by atoms with Crippen molar-refractivity contribution in [2.75, 3.05) is 19.7 Å². The Morgan fingerprint density at radius 3 is 2.70 bits per heavy atom. The summed E-state index contributed by atoms with van der Waals surface area (Å²) in [5.74, 6) is -0.659. The van der Waals surface area contributed by atoms with Crippen molar-refractivity contribution in [1.82, 2.24) is 10.2 Å². The topological polar surface area (TPSA) is 58.6 Å². The number of nitrogens with zero attached hydrogens (tertiary/aromatic N) is 1. The zero-order chi connectivity index (χ0) is 16.7. The third-order valence-electron chi connectivity index (χ3n) is 3.78. The molecular weight excluding hydrogens is 299 g/mol. The van der Waals surface area contributed by atoms with Gasteiger partial charge in [0.15, 0.2) is 0 Å². The number of urea groups is 1. The average molecular weight is 320 g/mol. The van der Waals surface area contributed by atoms with Gasteiger partial charge in [0.2, 0.25) is 0 Å². The van der Waals surface area contributed by atoms with E-state index in [2.05, 4.69) is 5.32 Å². The number of ether oxygens (including phenoxy) is 1. The highest BCUT2D eigenvalue weighted by Crippen LogP contribution is 2.18. The number of amides is 2. The number of benzene rings is 1. The lowest BCUT2D eigenvalue weighted by molar-refractivity contribution is -0.149. The zero-order valence-electron chi connectivity index (χ0n) is 13.1. The van der Waals surface area contributed by atoms with Crippen LogP contribution in [0.1, 0.15) is 25.3 Å². The SMILES string of the molecule is CCOC(=O)C1CCN(C(=O)N/C=C/c2ccccc2F)CC1. The van der Waals surface area contributed by atoms with E-state index >= 15 is 0 Å². The Morgan fingerprint density at radius 2 is 2.04 bits per heavy atom. The van der Waals surface area contributed by atoms with Crippen molar-refractivity contribution in [2.24, 2.45) is 5.92 Å². The molecule has 1 N–H and O–H groups in total. The minimum atomic E-state index is -0.340. The first kappa shape index (κ1) is 17.0. The Morgan fingerprint density at radius 1 is 1.35 bits per heavy atom. The highest BCUT2D eigenvalue weighted by Gasteiger charge is 2.27. The molecule has 5 nitrogen and oxygen atoms in total. The van der Waals surface area contributed by atoms with Crippen LogP contribution in [-0.2, 0) is 9.53 Å². The van der Waals surface area contributed by atoms with E-state index < -0.39 is 0 Å². The second-order valence-corrected chi connectivity index (χ2v) is 5.32. The number of esters is 1. The van der Waals surface area contributed by atoms with Crippen LogP contribution >= 0.6 is 0 Å². The van der Waals surface area contributed by atoms with Crippen LogP contribution in [0.4, 0.5) is 9.18 Å². The van der Waals surface area contributed by atoms with Crippen molar-refractivity contribution in [1.29, 1.82) is 0 Å². The summed E-state index contributed by atoms with van der Waals surface area (Å²) in [4.78, 5) is 25.3. The van der Waals surface area contributed by atoms with E-state index in [-0.39, 0.29) is 23.7 Å². The third kappa shape index (κ3) is 4.81. The molecular formula is C17H21FN2O3. The number of piperidine rings is 1. The zero-order valence-corrected chi connectivity index (χ0v) is 13.1. The van der Waals surface area contributed by atoms with E-state index in [1.165, 1.54) is 18.3 Å². The van der Waals surface area contributed by atoms with Gasteiger partial charge in [0, 0.05) is 24.9 Å². The van der Waals surface area contributed by atoms with E-state index in [0.29, 0.717) is 38.1 Å². The maximum atomic E-state index is 13.4. The van der Waals surface area contributed by atoms with E-state index in [0.717, 1.165) is 0 Å². The fourth-order valence-corrected chi connectivity index (χ4v) is 2.48. The predicted molar refractivity (Wildman–Crippen MR) is 84.9 cm³/mol. The van der Waals surface area contributed by atoms with Gasteiger partial charge < -0.3 is 15.0 Å². The van der Waals surface area contributed by atoms with Crippen molar-refractivity contribution in [3.8, 4) is 0 Å². The molecule has 1 fully saturated rings. The van der Waals surface area contributed by atoms with Gasteiger partial charge in [0.05, 0.1) is 12.5 Å². The average Bonchev–Trinajstić information content (AvgIpc) is 2.57. The van der Waals surface area contributed by atoms with E-state index in [1.807, 2.05) is 0 Å². The number of hydrogen-bond acceptors (Lipinski definition) is 3. The van der Waals surface area contributed by atoms with Gasteiger partial charge in [-0.2, -0.15) is 0 Å². The highest BCUT2D eigenvalue weighted by atomic mass is 19.1. The summed E-state index contributed by atoms with van der Waals surface area (Å²) in [6.45, 7) is 3.16. The predicted octanol–water partition coefficient (Wildman–Crippen LogP) is 2.78. The highest BCUT2D eigenvalue weighted by molar-refractivity contribution is 5.77. The maximum Gasteiger partial charge on any atom is 0.321 e. The Labute approximate surface area is 135 Å². The van der Waals surface area contributed by atoms with Crippen LogP contribution in [0.25, 0.3) is 6.08 Å². The molecule has 0 spiro atoms. The van der Waals surface area contributed by atoms with Gasteiger partial charge in [-0.3, -0.25) is 4.79 Å². The molecule has 0 saturated carbocycles. The van der Waals surface area contributed by atoms with Gasteiger partial charge >= 0.3 is 12.0 Å². The molecule has 6 heteroatoms. The summed E-state index contributed by atoms with van der Waals surface area (Å²) in [7, 11) is 0. The molecule has 124 valence electrons. The normalized spacial score (nSPS) is 15.7. The number of nitrogens with one attached hydrogen (secondary N) is 1. The Balaban J connectivity index is 1.79. The summed E-state index contributed by atoms with van der Waals surface area (Å²) in [5, 5.41) is 2.62. The van der Waals surface area contributed by atoms with Crippen LogP contribution in [-0.4, -0.2) is 36.6 Å². The summed E-state index contributed by atoms with van der Waals surface area (Å²) in [5.41, 5.74) is 0.411. The van der Waals surface area contributed by atoms with Crippen molar-refractivity contribution in [3.05, 3.63) is 41.8 Å². The molecule has 1 aliphatic heterocycles. The molecule has 1 aromatic rings. The molecule has 1 heterocycles. The Bertz CT molecular complexity index is 581. The van der Waals surface area contributed by atoms with Crippen LogP contribution in [0, 0.1) is 11.7 Å². The molecule has 1 aliphatic rings. The molecule has 0 aromatic heterocycles. The summed E-state index contributed by atoms with van der Waals surface area (Å²) < 4.78 is 18.4. The van der Waals surface area contributed by atoms with Gasteiger partial charge in [-0.05, 0) is 31.9 Å². The number of halogens is 1. The lowest BCUT2D eigenvalue weighted by Crippen LogP contribution is -2.44. The second-order valence-electron chi connectivity index (χ2n) is 5.32. The largest absolute Gasteiger partial charge is 0.466 e. The molecule has 0 atom stereocenters. The lowest BCUT2D eigenvalue weighted by atomic mass is 9.97. The molecule has 0 unspecified atom stereocenters. The Hall–Kier alpha value is -2.37. The molecule has 0 aliphatic carbocycles. The molecule has 1 aromatic carbocycles. The van der Waals surface area contributed by atoms with Gasteiger partial charge in [-0.15, -0.1) is 0 Å². The lowest BCUT2D eigenvalue weighted by Gasteiger charge is -2.30. The van der Waals surface area contributed by atoms with Crippen molar-refractivity contribution in [2.45, 2.75) is 19.8 Å². The van der Waals surface area contributed by atoms with Crippen molar-refractivity contribution >= 4 is 18.1 Å². The van der Waals surface area contributed by atoms with Gasteiger partial charge in [0.25, 0.3) is 0 Å². The number of likely N-dealkylation sites (tertiary alicyclic amines) is 1. The van der Waals surface area contributed by atoms with Gasteiger partial charge in [0.1, 0.15) is 5.82 Å². The number of carbonyl (C=O) groups is 2. The van der Waals surface area contributed by atoms with Crippen LogP contribution in [0.2, 0.25) is 0 Å². The molecule has 0 radical (unpaired) electrons. The number of hydrogen-bond donors (Lipinski definition) is 1. The first-order chi connectivity index (χ1) is 11.1. The van der Waals surface area contributed by atoms with Gasteiger partial charge in [-0.1, -0.05) is 18.2 Å². The molecule has 2 amide bonds. The minimum Gasteiger partial charge on any atom is -0.466 e. The minimum absolute atomic E-state index is 0.132. The molecule has 23 heavy (non-hydrogen) atoms. The van der Waals surface area contributed by atoms with Crippen LogP contribution in [0.3, 0.4) is 0 Å². The van der Waals surface area contributed by atoms with E-state index in [4.69, 9.17) is 4.74 Å². The summed E-state index contributed by atoms with van der Waals surface area (Å²) >= 11 is 0. The van der Waals surface area contributed by atoms with Gasteiger partial charge in [-0.25, -0.2) is 9.18 Å². The second kappa shape index (κ2) is 8.31. The summed E-state index contributed by atoms with van der Waals surface area (Å²) in [6.07, 6.45) is 4.14. The standard InChI is InChI=1S/C17H21FN2O3/c1-2-23-16(21)14-8-11-20(12-9-14)17(22)19-10-7-13-5-3-4-6-15(13)18/h3-7,10,14H,2,8-9,11-12H2,1H3,(H,19,22)/b10-7+. The molecule has 1 saturated heterocycles. The first-order valence-corrected chi connectivity index (χ1v) is 7.75. The number of carbonyl (C=O) groups excluding carboxylic acids is 2. The van der Waals surface area contributed by atoms with Crippen LogP contribution < -0.4 is 5.32 Å². The smallest absolute Gasteiger partial charge is 0.321 e. The maximum absolute atomic E-state index is 13.4. The molecule has 2 rings (SSSR count). The van der Waals surface area contributed by atoms with Crippen molar-refractivity contribution < 1.29 is 18.7 Å². The fraction of sp³-hybridized carbons (Fsp3) is 0.412. The Kier molecular flexibility index (Phi) is 6.14. The first-order valence-electron chi connectivity index (χ1n) is 7.75. The summed E-state index contributed by atoms with van der Waals surface area (Å²) in [6, 6.07) is 6.08. The van der Waals surface area contributed by atoms with Crippen molar-refractivity contribution in [3.63, 3.8) is 0 Å². The van der Waals surface area contributed by atoms with Crippen LogP contribution in [0.5, 0.6) is 0 Å². The monoisotopic (exact) mass is 320 g/mol. The van der Waals surface area contributed by atoms with Crippen LogP contribution in [0.15, 0.2) is 30.5 Å². The third-order valence-corrected chi connectivity index (χ3v) is 3.78. The van der Waals surface area contributed by atoms with E-state index in [1.54, 1.807) is 30.0 Å².